The quantitative estimate of drug-likeness (QED) is 0.672. The first kappa shape index (κ1) is 10.4. The number of rotatable bonds is 2. The lowest BCUT2D eigenvalue weighted by Crippen LogP contribution is -2.50. The van der Waals surface area contributed by atoms with Gasteiger partial charge in [-0.2, -0.15) is 0 Å². The minimum atomic E-state index is 0.733. The van der Waals surface area contributed by atoms with E-state index in [2.05, 4.69) is 22.6 Å². The van der Waals surface area contributed by atoms with Crippen molar-refractivity contribution < 1.29 is 0 Å². The first-order valence-corrected chi connectivity index (χ1v) is 6.00. The van der Waals surface area contributed by atoms with Gasteiger partial charge in [0.25, 0.3) is 0 Å². The van der Waals surface area contributed by atoms with E-state index in [1.54, 1.807) is 0 Å². The Balaban J connectivity index is 1.68. The second-order valence-corrected chi connectivity index (χ2v) is 4.79. The van der Waals surface area contributed by atoms with Gasteiger partial charge in [0.1, 0.15) is 0 Å². The molecule has 3 heteroatoms. The SMILES string of the molecule is CN1CCC(N[C@@H]2CCCNC2)CC1. The van der Waals surface area contributed by atoms with Gasteiger partial charge in [-0.1, -0.05) is 0 Å². The van der Waals surface area contributed by atoms with Crippen LogP contribution in [0.25, 0.3) is 0 Å². The van der Waals surface area contributed by atoms with Crippen molar-refractivity contribution >= 4 is 0 Å². The van der Waals surface area contributed by atoms with Crippen LogP contribution in [-0.2, 0) is 0 Å². The Morgan fingerprint density at radius 2 is 1.93 bits per heavy atom. The predicted molar refractivity (Wildman–Crippen MR) is 59.5 cm³/mol. The fraction of sp³-hybridized carbons (Fsp3) is 1.00. The molecule has 0 unspecified atom stereocenters. The van der Waals surface area contributed by atoms with Gasteiger partial charge in [0.15, 0.2) is 0 Å². The molecule has 2 saturated heterocycles. The van der Waals surface area contributed by atoms with Crippen LogP contribution >= 0.6 is 0 Å². The molecule has 2 heterocycles. The zero-order valence-electron chi connectivity index (χ0n) is 9.26. The lowest BCUT2D eigenvalue weighted by molar-refractivity contribution is 0.216. The van der Waals surface area contributed by atoms with Crippen molar-refractivity contribution in [3.05, 3.63) is 0 Å². The van der Waals surface area contributed by atoms with Crippen molar-refractivity contribution in [1.82, 2.24) is 15.5 Å². The second-order valence-electron chi connectivity index (χ2n) is 4.79. The summed E-state index contributed by atoms with van der Waals surface area (Å²) in [6.45, 7) is 4.91. The van der Waals surface area contributed by atoms with Crippen molar-refractivity contribution in [1.29, 1.82) is 0 Å². The van der Waals surface area contributed by atoms with E-state index in [9.17, 15) is 0 Å². The van der Waals surface area contributed by atoms with Crippen LogP contribution in [0.5, 0.6) is 0 Å². The highest BCUT2D eigenvalue weighted by molar-refractivity contribution is 4.82. The van der Waals surface area contributed by atoms with E-state index in [4.69, 9.17) is 0 Å². The maximum Gasteiger partial charge on any atom is 0.0195 e. The molecule has 2 N–H and O–H groups in total. The summed E-state index contributed by atoms with van der Waals surface area (Å²) in [5.41, 5.74) is 0. The molecule has 0 aliphatic carbocycles. The molecular formula is C11H23N3. The Hall–Kier alpha value is -0.120. The summed E-state index contributed by atoms with van der Waals surface area (Å²) in [5.74, 6) is 0. The summed E-state index contributed by atoms with van der Waals surface area (Å²) in [6.07, 6.45) is 5.35. The van der Waals surface area contributed by atoms with E-state index >= 15 is 0 Å². The molecule has 2 rings (SSSR count). The van der Waals surface area contributed by atoms with E-state index in [-0.39, 0.29) is 0 Å². The van der Waals surface area contributed by atoms with Crippen LogP contribution in [0.1, 0.15) is 25.7 Å². The summed E-state index contributed by atoms with van der Waals surface area (Å²) < 4.78 is 0. The Kier molecular flexibility index (Phi) is 3.79. The molecule has 2 aliphatic rings. The molecule has 3 nitrogen and oxygen atoms in total. The van der Waals surface area contributed by atoms with Crippen molar-refractivity contribution in [3.63, 3.8) is 0 Å². The van der Waals surface area contributed by atoms with Gasteiger partial charge in [-0.15, -0.1) is 0 Å². The van der Waals surface area contributed by atoms with E-state index in [1.807, 2.05) is 0 Å². The number of nitrogens with zero attached hydrogens (tertiary/aromatic N) is 1. The molecule has 0 amide bonds. The lowest BCUT2D eigenvalue weighted by Gasteiger charge is -2.34. The van der Waals surface area contributed by atoms with Crippen LogP contribution in [0.4, 0.5) is 0 Å². The van der Waals surface area contributed by atoms with Crippen LogP contribution in [0.3, 0.4) is 0 Å². The fourth-order valence-electron chi connectivity index (χ4n) is 2.50. The van der Waals surface area contributed by atoms with Crippen LogP contribution in [0, 0.1) is 0 Å². The number of hydrogen-bond donors (Lipinski definition) is 2. The van der Waals surface area contributed by atoms with Crippen LogP contribution in [0.15, 0.2) is 0 Å². The summed E-state index contributed by atoms with van der Waals surface area (Å²) in [7, 11) is 2.22. The minimum absolute atomic E-state index is 0.733. The van der Waals surface area contributed by atoms with E-state index in [0.717, 1.165) is 12.1 Å². The topological polar surface area (TPSA) is 27.3 Å². The molecule has 0 aromatic carbocycles. The van der Waals surface area contributed by atoms with Crippen molar-refractivity contribution in [2.24, 2.45) is 0 Å². The normalized spacial score (nSPS) is 31.9. The zero-order chi connectivity index (χ0) is 9.80. The molecule has 0 aromatic rings. The first-order chi connectivity index (χ1) is 6.84. The van der Waals surface area contributed by atoms with Gasteiger partial charge < -0.3 is 15.5 Å². The van der Waals surface area contributed by atoms with Crippen LogP contribution in [0.2, 0.25) is 0 Å². The molecule has 0 radical (unpaired) electrons. The first-order valence-electron chi connectivity index (χ1n) is 6.00. The largest absolute Gasteiger partial charge is 0.315 e. The molecule has 82 valence electrons. The van der Waals surface area contributed by atoms with Gasteiger partial charge in [-0.25, -0.2) is 0 Å². The molecular weight excluding hydrogens is 174 g/mol. The Labute approximate surface area is 87.2 Å². The Morgan fingerprint density at radius 3 is 2.57 bits per heavy atom. The third kappa shape index (κ3) is 2.94. The van der Waals surface area contributed by atoms with Gasteiger partial charge in [0.05, 0.1) is 0 Å². The van der Waals surface area contributed by atoms with Gasteiger partial charge >= 0.3 is 0 Å². The number of likely N-dealkylation sites (tertiary alicyclic amines) is 1. The molecule has 0 spiro atoms. The Bertz CT molecular complexity index is 158. The average molecular weight is 197 g/mol. The molecule has 0 saturated carbocycles. The highest BCUT2D eigenvalue weighted by Gasteiger charge is 2.20. The van der Waals surface area contributed by atoms with Crippen molar-refractivity contribution in [2.45, 2.75) is 37.8 Å². The van der Waals surface area contributed by atoms with Gasteiger partial charge in [0, 0.05) is 18.6 Å². The molecule has 0 bridgehead atoms. The zero-order valence-corrected chi connectivity index (χ0v) is 9.26. The van der Waals surface area contributed by atoms with Gasteiger partial charge in [-0.05, 0) is 52.4 Å². The highest BCUT2D eigenvalue weighted by Crippen LogP contribution is 2.11. The van der Waals surface area contributed by atoms with Crippen molar-refractivity contribution in [2.75, 3.05) is 33.2 Å². The van der Waals surface area contributed by atoms with E-state index in [1.165, 1.54) is 51.9 Å². The Morgan fingerprint density at radius 1 is 1.14 bits per heavy atom. The third-order valence-electron chi connectivity index (χ3n) is 3.49. The smallest absolute Gasteiger partial charge is 0.0195 e. The van der Waals surface area contributed by atoms with Crippen LogP contribution in [-0.4, -0.2) is 50.2 Å². The molecule has 14 heavy (non-hydrogen) atoms. The van der Waals surface area contributed by atoms with Gasteiger partial charge in [0.2, 0.25) is 0 Å². The summed E-state index contributed by atoms with van der Waals surface area (Å²) >= 11 is 0. The lowest BCUT2D eigenvalue weighted by atomic mass is 10.0. The number of piperidine rings is 2. The monoisotopic (exact) mass is 197 g/mol. The van der Waals surface area contributed by atoms with E-state index < -0.39 is 0 Å². The number of hydrogen-bond acceptors (Lipinski definition) is 3. The number of nitrogens with one attached hydrogen (secondary N) is 2. The second kappa shape index (κ2) is 5.10. The average Bonchev–Trinajstić information content (AvgIpc) is 2.23. The van der Waals surface area contributed by atoms with Crippen LogP contribution < -0.4 is 10.6 Å². The molecule has 0 aromatic heterocycles. The summed E-state index contributed by atoms with van der Waals surface area (Å²) in [4.78, 5) is 2.43. The van der Waals surface area contributed by atoms with Gasteiger partial charge in [-0.3, -0.25) is 0 Å². The third-order valence-corrected chi connectivity index (χ3v) is 3.49. The molecule has 2 aliphatic heterocycles. The summed E-state index contributed by atoms with van der Waals surface area (Å²) in [6, 6.07) is 1.51. The van der Waals surface area contributed by atoms with E-state index in [0.29, 0.717) is 0 Å². The highest BCUT2D eigenvalue weighted by atomic mass is 15.1. The fourth-order valence-corrected chi connectivity index (χ4v) is 2.50. The van der Waals surface area contributed by atoms with Crippen molar-refractivity contribution in [3.8, 4) is 0 Å². The standard InChI is InChI=1S/C11H23N3/c1-14-7-4-10(5-8-14)13-11-3-2-6-12-9-11/h10-13H,2-9H2,1H3/t11-/m1/s1. The minimum Gasteiger partial charge on any atom is -0.315 e. The molecule has 2 fully saturated rings. The summed E-state index contributed by atoms with van der Waals surface area (Å²) in [5, 5.41) is 7.25. The maximum atomic E-state index is 3.79. The maximum absolute atomic E-state index is 3.79. The molecule has 1 atom stereocenters. The predicted octanol–water partition coefficient (Wildman–Crippen LogP) is 0.422.